The van der Waals surface area contributed by atoms with E-state index in [2.05, 4.69) is 26.8 Å². The molecule has 1 aromatic heterocycles. The molecule has 2 aromatic rings. The van der Waals surface area contributed by atoms with E-state index >= 15 is 0 Å². The van der Waals surface area contributed by atoms with Crippen LogP contribution in [-0.4, -0.2) is 57.8 Å². The molecule has 3 atom stereocenters. The van der Waals surface area contributed by atoms with Crippen LogP contribution in [0.1, 0.15) is 11.7 Å². The van der Waals surface area contributed by atoms with Gasteiger partial charge < -0.3 is 10.2 Å². The van der Waals surface area contributed by atoms with Crippen molar-refractivity contribution in [1.29, 1.82) is 0 Å². The molecular formula is C21H22FN5O2. The first-order valence-electron chi connectivity index (χ1n) is 9.53. The van der Waals surface area contributed by atoms with Crippen LogP contribution in [0.15, 0.2) is 55.5 Å². The Kier molecular flexibility index (Phi) is 5.35. The summed E-state index contributed by atoms with van der Waals surface area (Å²) in [5.74, 6) is -0.0468. The Morgan fingerprint density at radius 2 is 1.83 bits per heavy atom. The highest BCUT2D eigenvalue weighted by Crippen LogP contribution is 2.36. The van der Waals surface area contributed by atoms with Crippen molar-refractivity contribution in [2.75, 3.05) is 31.5 Å². The minimum atomic E-state index is -0.608. The van der Waals surface area contributed by atoms with E-state index in [1.807, 2.05) is 4.90 Å². The topological polar surface area (TPSA) is 78.4 Å². The SMILES string of the molecule is C=CC(=O)N1CC2CN(C(C(=O)Nc3ccc(F)cc3)c3cnccn3)CC2C1. The Labute approximate surface area is 168 Å². The smallest absolute Gasteiger partial charge is 0.248 e. The molecule has 8 heteroatoms. The molecule has 3 heterocycles. The van der Waals surface area contributed by atoms with Crippen molar-refractivity contribution >= 4 is 17.5 Å². The molecule has 1 N–H and O–H groups in total. The lowest BCUT2D eigenvalue weighted by molar-refractivity contribution is -0.126. The molecule has 7 nitrogen and oxygen atoms in total. The van der Waals surface area contributed by atoms with Crippen LogP contribution in [0.5, 0.6) is 0 Å². The number of carbonyl (C=O) groups excluding carboxylic acids is 2. The van der Waals surface area contributed by atoms with Crippen LogP contribution >= 0.6 is 0 Å². The van der Waals surface area contributed by atoms with Crippen LogP contribution in [0.2, 0.25) is 0 Å². The number of nitrogens with zero attached hydrogens (tertiary/aromatic N) is 4. The van der Waals surface area contributed by atoms with Gasteiger partial charge in [-0.25, -0.2) is 4.39 Å². The predicted molar refractivity (Wildman–Crippen MR) is 105 cm³/mol. The first kappa shape index (κ1) is 19.2. The van der Waals surface area contributed by atoms with Gasteiger partial charge in [-0.3, -0.25) is 24.5 Å². The number of aromatic nitrogens is 2. The number of rotatable bonds is 5. The van der Waals surface area contributed by atoms with E-state index in [1.54, 1.807) is 18.6 Å². The number of amides is 2. The van der Waals surface area contributed by atoms with Gasteiger partial charge in [-0.05, 0) is 42.2 Å². The molecule has 4 rings (SSSR count). The third-order valence-corrected chi connectivity index (χ3v) is 5.59. The van der Waals surface area contributed by atoms with Gasteiger partial charge in [-0.15, -0.1) is 0 Å². The van der Waals surface area contributed by atoms with Crippen LogP contribution in [-0.2, 0) is 9.59 Å². The van der Waals surface area contributed by atoms with Gasteiger partial charge >= 0.3 is 0 Å². The summed E-state index contributed by atoms with van der Waals surface area (Å²) >= 11 is 0. The molecule has 1 aromatic carbocycles. The molecule has 2 aliphatic rings. The molecule has 2 fully saturated rings. The highest BCUT2D eigenvalue weighted by atomic mass is 19.1. The van der Waals surface area contributed by atoms with E-state index in [0.29, 0.717) is 49.4 Å². The lowest BCUT2D eigenvalue weighted by atomic mass is 10.0. The van der Waals surface area contributed by atoms with Crippen LogP contribution in [0.3, 0.4) is 0 Å². The van der Waals surface area contributed by atoms with Crippen molar-refractivity contribution in [1.82, 2.24) is 19.8 Å². The first-order chi connectivity index (χ1) is 14.0. The Morgan fingerprint density at radius 1 is 1.14 bits per heavy atom. The number of benzene rings is 1. The van der Waals surface area contributed by atoms with Gasteiger partial charge in [0.1, 0.15) is 11.9 Å². The zero-order valence-corrected chi connectivity index (χ0v) is 15.9. The third kappa shape index (κ3) is 4.02. The minimum absolute atomic E-state index is 0.0505. The Balaban J connectivity index is 1.52. The lowest BCUT2D eigenvalue weighted by Crippen LogP contribution is -2.39. The first-order valence-corrected chi connectivity index (χ1v) is 9.53. The summed E-state index contributed by atoms with van der Waals surface area (Å²) < 4.78 is 13.2. The third-order valence-electron chi connectivity index (χ3n) is 5.59. The van der Waals surface area contributed by atoms with Crippen molar-refractivity contribution in [2.24, 2.45) is 11.8 Å². The standard InChI is InChI=1S/C21H22FN5O2/c1-2-19(28)26-10-14-12-27(13-15(14)11-26)20(18-9-23-7-8-24-18)21(29)25-17-5-3-16(22)4-6-17/h2-9,14-15,20H,1,10-13H2,(H,25,29). The zero-order valence-electron chi connectivity index (χ0n) is 15.9. The molecule has 29 heavy (non-hydrogen) atoms. The highest BCUT2D eigenvalue weighted by molar-refractivity contribution is 5.95. The van der Waals surface area contributed by atoms with Gasteiger partial charge in [0.25, 0.3) is 0 Å². The Bertz CT molecular complexity index is 891. The van der Waals surface area contributed by atoms with Gasteiger partial charge in [-0.1, -0.05) is 6.58 Å². The fourth-order valence-corrected chi connectivity index (χ4v) is 4.23. The number of nitrogens with one attached hydrogen (secondary N) is 1. The minimum Gasteiger partial charge on any atom is -0.339 e. The van der Waals surface area contributed by atoms with E-state index < -0.39 is 6.04 Å². The molecule has 2 amide bonds. The number of hydrogen-bond donors (Lipinski definition) is 1. The molecule has 0 spiro atoms. The van der Waals surface area contributed by atoms with Gasteiger partial charge in [0, 0.05) is 44.3 Å². The predicted octanol–water partition coefficient (Wildman–Crippen LogP) is 1.87. The molecule has 0 bridgehead atoms. The monoisotopic (exact) mass is 395 g/mol. The van der Waals surface area contributed by atoms with Gasteiger partial charge in [-0.2, -0.15) is 0 Å². The number of likely N-dealkylation sites (tertiary alicyclic amines) is 2. The Morgan fingerprint density at radius 3 is 2.41 bits per heavy atom. The summed E-state index contributed by atoms with van der Waals surface area (Å²) in [5.41, 5.74) is 1.08. The maximum Gasteiger partial charge on any atom is 0.248 e. The van der Waals surface area contributed by atoms with Crippen LogP contribution in [0.4, 0.5) is 10.1 Å². The summed E-state index contributed by atoms with van der Waals surface area (Å²) in [5, 5.41) is 2.85. The lowest BCUT2D eigenvalue weighted by Gasteiger charge is -2.28. The normalized spacial score (nSPS) is 22.2. The Hall–Kier alpha value is -3.13. The summed E-state index contributed by atoms with van der Waals surface area (Å²) in [4.78, 5) is 37.4. The van der Waals surface area contributed by atoms with Crippen molar-refractivity contribution in [3.8, 4) is 0 Å². The molecule has 0 saturated carbocycles. The van der Waals surface area contributed by atoms with E-state index in [1.165, 1.54) is 30.3 Å². The summed E-state index contributed by atoms with van der Waals surface area (Å²) in [7, 11) is 0. The van der Waals surface area contributed by atoms with Crippen molar-refractivity contribution < 1.29 is 14.0 Å². The average Bonchev–Trinajstić information content (AvgIpc) is 3.29. The fraction of sp³-hybridized carbons (Fsp3) is 0.333. The molecule has 150 valence electrons. The van der Waals surface area contributed by atoms with Gasteiger partial charge in [0.05, 0.1) is 11.9 Å². The largest absolute Gasteiger partial charge is 0.339 e. The summed E-state index contributed by atoms with van der Waals surface area (Å²) in [6.07, 6.45) is 6.07. The van der Waals surface area contributed by atoms with Crippen LogP contribution in [0.25, 0.3) is 0 Å². The quantitative estimate of drug-likeness (QED) is 0.782. The molecular weight excluding hydrogens is 373 g/mol. The van der Waals surface area contributed by atoms with Crippen molar-refractivity contribution in [2.45, 2.75) is 6.04 Å². The highest BCUT2D eigenvalue weighted by Gasteiger charge is 2.45. The fourth-order valence-electron chi connectivity index (χ4n) is 4.23. The summed E-state index contributed by atoms with van der Waals surface area (Å²) in [6, 6.07) is 5.05. The molecule has 0 aliphatic carbocycles. The van der Waals surface area contributed by atoms with E-state index in [0.717, 1.165) is 0 Å². The second-order valence-corrected chi connectivity index (χ2v) is 7.45. The number of hydrogen-bond acceptors (Lipinski definition) is 5. The van der Waals surface area contributed by atoms with E-state index in [4.69, 9.17) is 0 Å². The second-order valence-electron chi connectivity index (χ2n) is 7.45. The maximum atomic E-state index is 13.2. The van der Waals surface area contributed by atoms with E-state index in [9.17, 15) is 14.0 Å². The number of halogens is 1. The maximum absolute atomic E-state index is 13.2. The van der Waals surface area contributed by atoms with Crippen molar-refractivity contribution in [3.05, 3.63) is 67.0 Å². The second kappa shape index (κ2) is 8.08. The van der Waals surface area contributed by atoms with Crippen LogP contribution in [0, 0.1) is 17.7 Å². The van der Waals surface area contributed by atoms with Crippen LogP contribution < -0.4 is 5.32 Å². The van der Waals surface area contributed by atoms with Gasteiger partial charge in [0.15, 0.2) is 0 Å². The number of carbonyl (C=O) groups is 2. The number of fused-ring (bicyclic) bond motifs is 1. The van der Waals surface area contributed by atoms with Crippen molar-refractivity contribution in [3.63, 3.8) is 0 Å². The summed E-state index contributed by atoms with van der Waals surface area (Å²) in [6.45, 7) is 6.26. The zero-order chi connectivity index (χ0) is 20.4. The average molecular weight is 395 g/mol. The van der Waals surface area contributed by atoms with Gasteiger partial charge in [0.2, 0.25) is 11.8 Å². The molecule has 2 aliphatic heterocycles. The van der Waals surface area contributed by atoms with E-state index in [-0.39, 0.29) is 17.6 Å². The number of anilines is 1. The molecule has 3 unspecified atom stereocenters. The molecule has 2 saturated heterocycles. The molecule has 0 radical (unpaired) electrons.